The Morgan fingerprint density at radius 3 is 1.43 bits per heavy atom. The maximum Gasteiger partial charge on any atom is 0.325 e. The number of carbonyl (C=O) groups is 4. The fourth-order valence-electron chi connectivity index (χ4n) is 3.65. The molecule has 0 rings (SSSR count). The predicted octanol–water partition coefficient (Wildman–Crippen LogP) is 3.06. The predicted molar refractivity (Wildman–Crippen MR) is 141 cm³/mol. The summed E-state index contributed by atoms with van der Waals surface area (Å²) >= 11 is 0. The molecule has 0 fully saturated rings. The second-order valence-electron chi connectivity index (χ2n) is 8.52. The quantitative estimate of drug-likeness (QED) is 0.0920. The fraction of sp³-hybridized carbons (Fsp3) is 0.846. The Hall–Kier alpha value is -2.24. The van der Waals surface area contributed by atoms with E-state index in [1.165, 1.54) is 43.4 Å². The number of ether oxygens (including phenoxy) is 3. The lowest BCUT2D eigenvalue weighted by Gasteiger charge is -2.26. The summed E-state index contributed by atoms with van der Waals surface area (Å²) in [4.78, 5) is 51.9. The van der Waals surface area contributed by atoms with Crippen LogP contribution < -0.4 is 5.90 Å². The van der Waals surface area contributed by atoms with Gasteiger partial charge in [0.15, 0.2) is 0 Å². The SMILES string of the molecule is CCCCCCCCCCCC(=O)N(CCN(CC(=O)OCC)CC(=O)OCC)CC(=O)OCC.NO. The van der Waals surface area contributed by atoms with Gasteiger partial charge in [-0.05, 0) is 27.2 Å². The second-order valence-corrected chi connectivity index (χ2v) is 8.52. The zero-order chi connectivity index (χ0) is 28.3. The summed E-state index contributed by atoms with van der Waals surface area (Å²) in [5.74, 6) is 1.97. The molecule has 0 spiro atoms. The van der Waals surface area contributed by atoms with Gasteiger partial charge in [0.25, 0.3) is 0 Å². The number of carbonyl (C=O) groups excluding carboxylic acids is 4. The van der Waals surface area contributed by atoms with E-state index < -0.39 is 17.9 Å². The third kappa shape index (κ3) is 22.7. The standard InChI is InChI=1S/C26H48N2O7.H3NO/c1-5-9-10-11-12-13-14-15-16-17-23(29)28(22-26(32)35-8-4)19-18-27(20-24(30)33-6-2)21-25(31)34-7-3;1-2/h5-22H2,1-4H3;2H,1H2. The lowest BCUT2D eigenvalue weighted by atomic mass is 10.1. The van der Waals surface area contributed by atoms with Crippen LogP contribution >= 0.6 is 0 Å². The molecule has 37 heavy (non-hydrogen) atoms. The van der Waals surface area contributed by atoms with E-state index in [-0.39, 0.29) is 58.5 Å². The van der Waals surface area contributed by atoms with Crippen LogP contribution in [0.1, 0.15) is 91.9 Å². The third-order valence-corrected chi connectivity index (χ3v) is 5.47. The second kappa shape index (κ2) is 26.8. The highest BCUT2D eigenvalue weighted by Gasteiger charge is 2.21. The first-order valence-corrected chi connectivity index (χ1v) is 13.6. The Morgan fingerprint density at radius 1 is 0.595 bits per heavy atom. The van der Waals surface area contributed by atoms with E-state index in [0.717, 1.165) is 19.3 Å². The van der Waals surface area contributed by atoms with Crippen molar-refractivity contribution in [3.05, 3.63) is 0 Å². The van der Waals surface area contributed by atoms with Crippen molar-refractivity contribution >= 4 is 23.8 Å². The molecule has 11 nitrogen and oxygen atoms in total. The van der Waals surface area contributed by atoms with Crippen molar-refractivity contribution in [1.29, 1.82) is 0 Å². The van der Waals surface area contributed by atoms with Crippen LogP contribution in [0.2, 0.25) is 0 Å². The number of rotatable bonds is 22. The normalized spacial score (nSPS) is 10.4. The van der Waals surface area contributed by atoms with E-state index in [9.17, 15) is 19.2 Å². The van der Waals surface area contributed by atoms with Crippen LogP contribution in [0.25, 0.3) is 0 Å². The zero-order valence-electron chi connectivity index (χ0n) is 23.5. The first-order valence-electron chi connectivity index (χ1n) is 13.6. The van der Waals surface area contributed by atoms with E-state index in [2.05, 4.69) is 12.8 Å². The molecule has 0 radical (unpaired) electrons. The average molecular weight is 534 g/mol. The lowest BCUT2D eigenvalue weighted by molar-refractivity contribution is -0.151. The number of nitrogens with zero attached hydrogens (tertiary/aromatic N) is 2. The lowest BCUT2D eigenvalue weighted by Crippen LogP contribution is -2.44. The number of esters is 3. The van der Waals surface area contributed by atoms with Crippen LogP contribution in [-0.2, 0) is 33.4 Å². The van der Waals surface area contributed by atoms with Crippen molar-refractivity contribution in [2.24, 2.45) is 5.90 Å². The van der Waals surface area contributed by atoms with E-state index in [1.807, 2.05) is 0 Å². The zero-order valence-corrected chi connectivity index (χ0v) is 23.5. The minimum atomic E-state index is -0.477. The number of nitrogens with two attached hydrogens (primary N) is 1. The smallest absolute Gasteiger partial charge is 0.325 e. The van der Waals surface area contributed by atoms with Crippen molar-refractivity contribution in [1.82, 2.24) is 9.80 Å². The van der Waals surface area contributed by atoms with Crippen LogP contribution in [0.3, 0.4) is 0 Å². The minimum absolute atomic E-state index is 0.105. The summed E-state index contributed by atoms with van der Waals surface area (Å²) in [6.07, 6.45) is 10.7. The van der Waals surface area contributed by atoms with Crippen molar-refractivity contribution < 1.29 is 38.6 Å². The Labute approximate surface area is 222 Å². The molecule has 0 aliphatic heterocycles. The number of amides is 1. The largest absolute Gasteiger partial charge is 0.465 e. The number of hydrogen-bond donors (Lipinski definition) is 2. The van der Waals surface area contributed by atoms with E-state index in [0.29, 0.717) is 6.42 Å². The van der Waals surface area contributed by atoms with Gasteiger partial charge >= 0.3 is 17.9 Å². The van der Waals surface area contributed by atoms with Gasteiger partial charge in [0.05, 0.1) is 32.9 Å². The molecule has 0 aromatic heterocycles. The third-order valence-electron chi connectivity index (χ3n) is 5.47. The van der Waals surface area contributed by atoms with Crippen molar-refractivity contribution in [3.63, 3.8) is 0 Å². The molecule has 0 aromatic carbocycles. The monoisotopic (exact) mass is 533 g/mol. The molecule has 0 bridgehead atoms. The molecule has 218 valence electrons. The molecule has 0 heterocycles. The average Bonchev–Trinajstić information content (AvgIpc) is 2.86. The van der Waals surface area contributed by atoms with Gasteiger partial charge in [-0.1, -0.05) is 58.3 Å². The van der Waals surface area contributed by atoms with Gasteiger partial charge in [-0.25, -0.2) is 5.90 Å². The molecule has 3 N–H and O–H groups in total. The molecule has 0 aliphatic carbocycles. The Morgan fingerprint density at radius 2 is 1.00 bits per heavy atom. The number of unbranched alkanes of at least 4 members (excludes halogenated alkanes) is 8. The first-order chi connectivity index (χ1) is 17.9. The van der Waals surface area contributed by atoms with Crippen molar-refractivity contribution in [2.75, 3.05) is 52.5 Å². The highest BCUT2D eigenvalue weighted by molar-refractivity contribution is 5.82. The van der Waals surface area contributed by atoms with Crippen LogP contribution in [0.15, 0.2) is 0 Å². The van der Waals surface area contributed by atoms with Crippen LogP contribution in [0.4, 0.5) is 0 Å². The molecule has 0 aromatic rings. The molecule has 1 amide bonds. The molecule has 0 unspecified atom stereocenters. The van der Waals surface area contributed by atoms with Crippen LogP contribution in [0.5, 0.6) is 0 Å². The Bertz CT molecular complexity index is 584. The van der Waals surface area contributed by atoms with E-state index in [4.69, 9.17) is 19.4 Å². The summed E-state index contributed by atoms with van der Waals surface area (Å²) in [6.45, 7) is 8.09. The summed E-state index contributed by atoms with van der Waals surface area (Å²) in [6, 6.07) is 0. The van der Waals surface area contributed by atoms with Gasteiger partial charge in [-0.2, -0.15) is 0 Å². The van der Waals surface area contributed by atoms with E-state index >= 15 is 0 Å². The molecule has 0 atom stereocenters. The van der Waals surface area contributed by atoms with Crippen LogP contribution in [0, 0.1) is 0 Å². The topological polar surface area (TPSA) is 149 Å². The molecule has 0 saturated heterocycles. The molecular weight excluding hydrogens is 482 g/mol. The van der Waals surface area contributed by atoms with Gasteiger partial charge in [0, 0.05) is 19.5 Å². The van der Waals surface area contributed by atoms with Gasteiger partial charge in [0.2, 0.25) is 5.91 Å². The minimum Gasteiger partial charge on any atom is -0.465 e. The van der Waals surface area contributed by atoms with Crippen molar-refractivity contribution in [3.8, 4) is 0 Å². The highest BCUT2D eigenvalue weighted by Crippen LogP contribution is 2.11. The first kappa shape index (κ1) is 36.9. The molecular formula is C26H51N3O8. The Kier molecular flexibility index (Phi) is 26.8. The summed E-state index contributed by atoms with van der Waals surface area (Å²) in [5.41, 5.74) is 0. The Balaban J connectivity index is 0. The van der Waals surface area contributed by atoms with Gasteiger partial charge in [0.1, 0.15) is 6.54 Å². The van der Waals surface area contributed by atoms with Gasteiger partial charge in [-0.15, -0.1) is 0 Å². The van der Waals surface area contributed by atoms with Crippen LogP contribution in [-0.4, -0.2) is 91.4 Å². The van der Waals surface area contributed by atoms with Crippen molar-refractivity contribution in [2.45, 2.75) is 91.9 Å². The maximum absolute atomic E-state index is 12.9. The summed E-state index contributed by atoms with van der Waals surface area (Å²) in [7, 11) is 0. The highest BCUT2D eigenvalue weighted by atomic mass is 16.5. The molecule has 11 heteroatoms. The maximum atomic E-state index is 12.9. The van der Waals surface area contributed by atoms with Gasteiger partial charge < -0.3 is 24.3 Å². The van der Waals surface area contributed by atoms with Gasteiger partial charge in [-0.3, -0.25) is 24.1 Å². The molecule has 0 saturated carbocycles. The molecule has 0 aliphatic rings. The number of hydrogen-bond acceptors (Lipinski definition) is 10. The summed E-state index contributed by atoms with van der Waals surface area (Å²) in [5, 5.41) is 6.50. The summed E-state index contributed by atoms with van der Waals surface area (Å²) < 4.78 is 15.0. The fourth-order valence-corrected chi connectivity index (χ4v) is 3.65. The van der Waals surface area contributed by atoms with E-state index in [1.54, 1.807) is 25.7 Å².